The minimum Gasteiger partial charge on any atom is -0.506 e. The lowest BCUT2D eigenvalue weighted by Crippen LogP contribution is -2.15. The molecule has 4 nitrogen and oxygen atoms in total. The predicted octanol–water partition coefficient (Wildman–Crippen LogP) is 1.14. The van der Waals surface area contributed by atoms with E-state index in [1.807, 2.05) is 6.07 Å². The van der Waals surface area contributed by atoms with Crippen molar-refractivity contribution in [2.75, 3.05) is 13.2 Å². The van der Waals surface area contributed by atoms with Crippen LogP contribution in [0.1, 0.15) is 30.0 Å². The molecule has 0 aliphatic carbocycles. The Hall–Kier alpha value is -1.13. The number of ether oxygens (including phenoxy) is 1. The fourth-order valence-corrected chi connectivity index (χ4v) is 1.89. The van der Waals surface area contributed by atoms with Crippen molar-refractivity contribution in [2.24, 2.45) is 5.73 Å². The van der Waals surface area contributed by atoms with Gasteiger partial charge in [-0.25, -0.2) is 0 Å². The lowest BCUT2D eigenvalue weighted by Gasteiger charge is -2.21. The van der Waals surface area contributed by atoms with E-state index in [9.17, 15) is 5.11 Å². The third-order valence-corrected chi connectivity index (χ3v) is 2.85. The van der Waals surface area contributed by atoms with Crippen molar-refractivity contribution < 1.29 is 9.84 Å². The highest BCUT2D eigenvalue weighted by Gasteiger charge is 2.17. The lowest BCUT2D eigenvalue weighted by molar-refractivity contribution is 0.0845. The second kappa shape index (κ2) is 4.59. The summed E-state index contributed by atoms with van der Waals surface area (Å²) in [5.41, 5.74) is 7.33. The van der Waals surface area contributed by atoms with Gasteiger partial charge in [-0.15, -0.1) is 0 Å². The first kappa shape index (κ1) is 10.4. The van der Waals surface area contributed by atoms with E-state index in [4.69, 9.17) is 10.5 Å². The zero-order valence-electron chi connectivity index (χ0n) is 8.65. The van der Waals surface area contributed by atoms with Crippen LogP contribution in [0.15, 0.2) is 12.3 Å². The fourth-order valence-electron chi connectivity index (χ4n) is 1.89. The highest BCUT2D eigenvalue weighted by Crippen LogP contribution is 2.27. The summed E-state index contributed by atoms with van der Waals surface area (Å²) >= 11 is 0. The third-order valence-electron chi connectivity index (χ3n) is 2.85. The summed E-state index contributed by atoms with van der Waals surface area (Å²) in [4.78, 5) is 4.25. The van der Waals surface area contributed by atoms with Gasteiger partial charge in [-0.2, -0.15) is 0 Å². The molecule has 0 atom stereocenters. The molecular formula is C11H16N2O2. The van der Waals surface area contributed by atoms with E-state index in [0.29, 0.717) is 12.5 Å². The van der Waals surface area contributed by atoms with Crippen molar-refractivity contribution in [3.8, 4) is 5.75 Å². The number of aromatic nitrogens is 1. The van der Waals surface area contributed by atoms with E-state index in [1.165, 1.54) is 6.20 Å². The molecule has 0 saturated carbocycles. The summed E-state index contributed by atoms with van der Waals surface area (Å²) in [5.74, 6) is 0.637. The maximum absolute atomic E-state index is 9.47. The van der Waals surface area contributed by atoms with Gasteiger partial charge >= 0.3 is 0 Å². The molecule has 0 spiro atoms. The first-order chi connectivity index (χ1) is 7.31. The zero-order valence-corrected chi connectivity index (χ0v) is 8.65. The standard InChI is InChI=1S/C11H16N2O2/c12-6-9-5-10(13-7-11(9)14)8-1-3-15-4-2-8/h5,7-8,14H,1-4,6,12H2. The molecule has 3 N–H and O–H groups in total. The van der Waals surface area contributed by atoms with Gasteiger partial charge in [0.1, 0.15) is 5.75 Å². The van der Waals surface area contributed by atoms with Gasteiger partial charge in [0.2, 0.25) is 0 Å². The van der Waals surface area contributed by atoms with Gasteiger partial charge < -0.3 is 15.6 Å². The molecule has 1 saturated heterocycles. The van der Waals surface area contributed by atoms with Crippen LogP contribution in [0.4, 0.5) is 0 Å². The Morgan fingerprint density at radius 1 is 1.47 bits per heavy atom. The van der Waals surface area contributed by atoms with E-state index < -0.39 is 0 Å². The topological polar surface area (TPSA) is 68.4 Å². The number of hydrogen-bond donors (Lipinski definition) is 2. The predicted molar refractivity (Wildman–Crippen MR) is 56.6 cm³/mol. The molecule has 4 heteroatoms. The first-order valence-electron chi connectivity index (χ1n) is 5.27. The molecule has 0 bridgehead atoms. The Bertz CT molecular complexity index is 335. The maximum atomic E-state index is 9.47. The van der Waals surface area contributed by atoms with Gasteiger partial charge in [-0.1, -0.05) is 0 Å². The van der Waals surface area contributed by atoms with Gasteiger partial charge in [0.25, 0.3) is 0 Å². The second-order valence-electron chi connectivity index (χ2n) is 3.83. The highest BCUT2D eigenvalue weighted by molar-refractivity contribution is 5.32. The summed E-state index contributed by atoms with van der Waals surface area (Å²) in [7, 11) is 0. The largest absolute Gasteiger partial charge is 0.506 e. The van der Waals surface area contributed by atoms with E-state index in [-0.39, 0.29) is 5.75 Å². The van der Waals surface area contributed by atoms with Crippen molar-refractivity contribution in [3.05, 3.63) is 23.5 Å². The molecule has 1 aliphatic heterocycles. The van der Waals surface area contributed by atoms with E-state index in [2.05, 4.69) is 4.98 Å². The summed E-state index contributed by atoms with van der Waals surface area (Å²) in [6.45, 7) is 1.95. The molecule has 82 valence electrons. The molecule has 1 fully saturated rings. The van der Waals surface area contributed by atoms with Gasteiger partial charge in [-0.3, -0.25) is 4.98 Å². The number of nitrogens with two attached hydrogens (primary N) is 1. The normalized spacial score (nSPS) is 17.9. The minimum atomic E-state index is 0.188. The van der Waals surface area contributed by atoms with Gasteiger partial charge in [0, 0.05) is 36.9 Å². The maximum Gasteiger partial charge on any atom is 0.138 e. The Balaban J connectivity index is 2.20. The molecule has 0 radical (unpaired) electrons. The number of pyridine rings is 1. The number of aromatic hydroxyl groups is 1. The Kier molecular flexibility index (Phi) is 3.18. The van der Waals surface area contributed by atoms with Crippen LogP contribution in [0.3, 0.4) is 0 Å². The molecule has 1 aliphatic rings. The number of nitrogens with zero attached hydrogens (tertiary/aromatic N) is 1. The van der Waals surface area contributed by atoms with Crippen LogP contribution in [-0.2, 0) is 11.3 Å². The smallest absolute Gasteiger partial charge is 0.138 e. The van der Waals surface area contributed by atoms with Gasteiger partial charge in [-0.05, 0) is 18.9 Å². The van der Waals surface area contributed by atoms with Crippen molar-refractivity contribution >= 4 is 0 Å². The number of hydrogen-bond acceptors (Lipinski definition) is 4. The average molecular weight is 208 g/mol. The van der Waals surface area contributed by atoms with Gasteiger partial charge in [0.15, 0.2) is 0 Å². The molecule has 1 aromatic rings. The van der Waals surface area contributed by atoms with Crippen molar-refractivity contribution in [1.82, 2.24) is 4.98 Å². The number of rotatable bonds is 2. The van der Waals surface area contributed by atoms with E-state index >= 15 is 0 Å². The molecule has 0 aromatic carbocycles. The van der Waals surface area contributed by atoms with Crippen LogP contribution >= 0.6 is 0 Å². The molecule has 15 heavy (non-hydrogen) atoms. The van der Waals surface area contributed by atoms with E-state index in [1.54, 1.807) is 0 Å². The molecular weight excluding hydrogens is 192 g/mol. The molecule has 0 unspecified atom stereocenters. The summed E-state index contributed by atoms with van der Waals surface area (Å²) < 4.78 is 5.30. The molecule has 0 amide bonds. The Morgan fingerprint density at radius 3 is 2.87 bits per heavy atom. The fraction of sp³-hybridized carbons (Fsp3) is 0.545. The molecule has 2 heterocycles. The summed E-state index contributed by atoms with van der Waals surface area (Å²) in [6.07, 6.45) is 3.50. The SMILES string of the molecule is NCc1cc(C2CCOCC2)ncc1O. The van der Waals surface area contributed by atoms with Gasteiger partial charge in [0.05, 0.1) is 6.20 Å². The minimum absolute atomic E-state index is 0.188. The van der Waals surface area contributed by atoms with Crippen LogP contribution in [0.5, 0.6) is 5.75 Å². The lowest BCUT2D eigenvalue weighted by atomic mass is 9.95. The molecule has 1 aromatic heterocycles. The van der Waals surface area contributed by atoms with Crippen LogP contribution in [-0.4, -0.2) is 23.3 Å². The van der Waals surface area contributed by atoms with Crippen molar-refractivity contribution in [2.45, 2.75) is 25.3 Å². The van der Waals surface area contributed by atoms with E-state index in [0.717, 1.165) is 37.3 Å². The Morgan fingerprint density at radius 2 is 2.20 bits per heavy atom. The summed E-state index contributed by atoms with van der Waals surface area (Å²) in [6, 6.07) is 1.91. The summed E-state index contributed by atoms with van der Waals surface area (Å²) in [5, 5.41) is 9.47. The monoisotopic (exact) mass is 208 g/mol. The quantitative estimate of drug-likeness (QED) is 0.764. The second-order valence-corrected chi connectivity index (χ2v) is 3.83. The van der Waals surface area contributed by atoms with Crippen molar-refractivity contribution in [3.63, 3.8) is 0 Å². The van der Waals surface area contributed by atoms with Crippen LogP contribution < -0.4 is 5.73 Å². The molecule has 2 rings (SSSR count). The first-order valence-corrected chi connectivity index (χ1v) is 5.27. The van der Waals surface area contributed by atoms with Crippen molar-refractivity contribution in [1.29, 1.82) is 0 Å². The highest BCUT2D eigenvalue weighted by atomic mass is 16.5. The average Bonchev–Trinajstić information content (AvgIpc) is 2.31. The van der Waals surface area contributed by atoms with Crippen LogP contribution in [0.2, 0.25) is 0 Å². The third kappa shape index (κ3) is 2.27. The zero-order chi connectivity index (χ0) is 10.7. The van der Waals surface area contributed by atoms with Crippen LogP contribution in [0, 0.1) is 0 Å². The Labute approximate surface area is 89.1 Å². The van der Waals surface area contributed by atoms with Crippen LogP contribution in [0.25, 0.3) is 0 Å².